The zero-order valence-electron chi connectivity index (χ0n) is 12.1. The van der Waals surface area contributed by atoms with Gasteiger partial charge in [0.25, 0.3) is 0 Å². The van der Waals surface area contributed by atoms with Crippen LogP contribution in [0.1, 0.15) is 30.5 Å². The van der Waals surface area contributed by atoms with Gasteiger partial charge < -0.3 is 4.90 Å². The first-order valence-electron chi connectivity index (χ1n) is 7.51. The maximum absolute atomic E-state index is 9.04. The summed E-state index contributed by atoms with van der Waals surface area (Å²) in [5.41, 5.74) is 1.76. The molecule has 106 valence electrons. The van der Waals surface area contributed by atoms with Crippen LogP contribution < -0.4 is 4.90 Å². The number of aromatic nitrogens is 1. The molecular formula is C18H19N3. The van der Waals surface area contributed by atoms with Gasteiger partial charge in [-0.2, -0.15) is 5.26 Å². The fourth-order valence-electron chi connectivity index (χ4n) is 2.69. The third-order valence-electron chi connectivity index (χ3n) is 4.09. The van der Waals surface area contributed by atoms with Crippen molar-refractivity contribution in [3.8, 4) is 6.07 Å². The molecule has 0 bridgehead atoms. The summed E-state index contributed by atoms with van der Waals surface area (Å²) >= 11 is 0. The van der Waals surface area contributed by atoms with Crippen molar-refractivity contribution >= 4 is 5.82 Å². The molecule has 1 saturated carbocycles. The number of hydrogen-bond donors (Lipinski definition) is 0. The van der Waals surface area contributed by atoms with E-state index in [0.717, 1.165) is 24.8 Å². The number of pyridine rings is 1. The normalized spacial score (nSPS) is 14.2. The number of nitrogens with zero attached hydrogens (tertiary/aromatic N) is 3. The van der Waals surface area contributed by atoms with Crippen LogP contribution in [0.25, 0.3) is 0 Å². The van der Waals surface area contributed by atoms with Crippen LogP contribution in [0.5, 0.6) is 0 Å². The molecule has 0 unspecified atom stereocenters. The van der Waals surface area contributed by atoms with Crippen LogP contribution in [-0.4, -0.2) is 11.5 Å². The second kappa shape index (κ2) is 6.41. The molecule has 21 heavy (non-hydrogen) atoms. The van der Waals surface area contributed by atoms with Crippen LogP contribution in [0, 0.1) is 17.2 Å². The Bertz CT molecular complexity index is 626. The molecule has 3 rings (SSSR count). The summed E-state index contributed by atoms with van der Waals surface area (Å²) in [4.78, 5) is 6.77. The lowest BCUT2D eigenvalue weighted by molar-refractivity contribution is 0.316. The minimum atomic E-state index is 0.485. The van der Waals surface area contributed by atoms with Crippen molar-refractivity contribution < 1.29 is 0 Å². The molecule has 1 aromatic heterocycles. The van der Waals surface area contributed by atoms with Crippen LogP contribution in [0.15, 0.2) is 48.5 Å². The molecule has 0 saturated heterocycles. The van der Waals surface area contributed by atoms with Gasteiger partial charge >= 0.3 is 0 Å². The van der Waals surface area contributed by atoms with Crippen molar-refractivity contribution in [2.24, 2.45) is 5.92 Å². The van der Waals surface area contributed by atoms with Crippen LogP contribution in [0.3, 0.4) is 0 Å². The van der Waals surface area contributed by atoms with Gasteiger partial charge in [-0.25, -0.2) is 4.98 Å². The summed E-state index contributed by atoms with van der Waals surface area (Å²) in [6.45, 7) is 1.87. The maximum Gasteiger partial charge on any atom is 0.142 e. The molecule has 2 aromatic rings. The summed E-state index contributed by atoms with van der Waals surface area (Å²) in [7, 11) is 0. The van der Waals surface area contributed by atoms with Gasteiger partial charge in [0.1, 0.15) is 17.6 Å². The third kappa shape index (κ3) is 3.41. The third-order valence-corrected chi connectivity index (χ3v) is 4.09. The fourth-order valence-corrected chi connectivity index (χ4v) is 2.69. The van der Waals surface area contributed by atoms with Crippen molar-refractivity contribution in [1.29, 1.82) is 5.26 Å². The largest absolute Gasteiger partial charge is 0.352 e. The molecule has 1 aromatic carbocycles. The van der Waals surface area contributed by atoms with Crippen molar-refractivity contribution in [3.63, 3.8) is 0 Å². The number of benzene rings is 1. The summed E-state index contributed by atoms with van der Waals surface area (Å²) < 4.78 is 0. The van der Waals surface area contributed by atoms with E-state index >= 15 is 0 Å². The van der Waals surface area contributed by atoms with Crippen LogP contribution in [-0.2, 0) is 6.54 Å². The number of anilines is 1. The fraction of sp³-hybridized carbons (Fsp3) is 0.333. The lowest BCUT2D eigenvalue weighted by atomic mass is 9.85. The molecule has 0 amide bonds. The Kier molecular flexibility index (Phi) is 4.16. The highest BCUT2D eigenvalue weighted by atomic mass is 15.2. The van der Waals surface area contributed by atoms with Gasteiger partial charge in [0.15, 0.2) is 0 Å². The average molecular weight is 277 g/mol. The maximum atomic E-state index is 9.04. The molecule has 1 fully saturated rings. The first kappa shape index (κ1) is 13.6. The Morgan fingerprint density at radius 1 is 1.10 bits per heavy atom. The molecule has 1 aliphatic carbocycles. The molecule has 3 heteroatoms. The number of rotatable bonds is 5. The Balaban J connectivity index is 1.82. The zero-order valence-corrected chi connectivity index (χ0v) is 12.1. The van der Waals surface area contributed by atoms with Crippen LogP contribution in [0.2, 0.25) is 0 Å². The SMILES string of the molecule is N#Cc1cccc(N(Cc2ccccc2)CC2CCC2)n1. The van der Waals surface area contributed by atoms with Gasteiger partial charge in [-0.3, -0.25) is 0 Å². The van der Waals surface area contributed by atoms with Gasteiger partial charge in [-0.05, 0) is 36.5 Å². The van der Waals surface area contributed by atoms with Crippen molar-refractivity contribution in [2.75, 3.05) is 11.4 Å². The van der Waals surface area contributed by atoms with E-state index in [4.69, 9.17) is 5.26 Å². The van der Waals surface area contributed by atoms with E-state index in [0.29, 0.717) is 5.69 Å². The highest BCUT2D eigenvalue weighted by Crippen LogP contribution is 2.29. The highest BCUT2D eigenvalue weighted by Gasteiger charge is 2.21. The van der Waals surface area contributed by atoms with E-state index in [2.05, 4.69) is 40.2 Å². The molecule has 3 nitrogen and oxygen atoms in total. The molecule has 0 aliphatic heterocycles. The first-order chi connectivity index (χ1) is 10.3. The van der Waals surface area contributed by atoms with E-state index < -0.39 is 0 Å². The van der Waals surface area contributed by atoms with Gasteiger partial charge in [0.2, 0.25) is 0 Å². The van der Waals surface area contributed by atoms with Crippen molar-refractivity contribution in [2.45, 2.75) is 25.8 Å². The Hall–Kier alpha value is -2.34. The smallest absolute Gasteiger partial charge is 0.142 e. The Morgan fingerprint density at radius 3 is 2.57 bits per heavy atom. The molecule has 0 radical (unpaired) electrons. The lowest BCUT2D eigenvalue weighted by Crippen LogP contribution is -2.32. The van der Waals surface area contributed by atoms with E-state index in [9.17, 15) is 0 Å². The predicted molar refractivity (Wildman–Crippen MR) is 83.8 cm³/mol. The average Bonchev–Trinajstić information content (AvgIpc) is 2.50. The van der Waals surface area contributed by atoms with E-state index in [1.54, 1.807) is 6.07 Å². The van der Waals surface area contributed by atoms with Crippen LogP contribution >= 0.6 is 0 Å². The van der Waals surface area contributed by atoms with Gasteiger partial charge in [-0.1, -0.05) is 42.8 Å². The topological polar surface area (TPSA) is 39.9 Å². The van der Waals surface area contributed by atoms with Gasteiger partial charge in [-0.15, -0.1) is 0 Å². The van der Waals surface area contributed by atoms with E-state index in [1.807, 2.05) is 18.2 Å². The highest BCUT2D eigenvalue weighted by molar-refractivity contribution is 5.42. The monoisotopic (exact) mass is 277 g/mol. The van der Waals surface area contributed by atoms with Gasteiger partial charge in [0.05, 0.1) is 0 Å². The summed E-state index contributed by atoms with van der Waals surface area (Å²) in [5.74, 6) is 1.67. The molecule has 1 aliphatic rings. The number of nitriles is 1. The van der Waals surface area contributed by atoms with Crippen LogP contribution in [0.4, 0.5) is 5.82 Å². The number of hydrogen-bond acceptors (Lipinski definition) is 3. The van der Waals surface area contributed by atoms with E-state index in [1.165, 1.54) is 24.8 Å². The second-order valence-corrected chi connectivity index (χ2v) is 5.66. The molecule has 0 spiro atoms. The van der Waals surface area contributed by atoms with Crippen molar-refractivity contribution in [3.05, 3.63) is 59.8 Å². The summed E-state index contributed by atoms with van der Waals surface area (Å²) in [6.07, 6.45) is 3.96. The molecular weight excluding hydrogens is 258 g/mol. The van der Waals surface area contributed by atoms with Gasteiger partial charge in [0, 0.05) is 13.1 Å². The minimum absolute atomic E-state index is 0.485. The molecule has 1 heterocycles. The summed E-state index contributed by atoms with van der Waals surface area (Å²) in [6, 6.07) is 18.3. The summed E-state index contributed by atoms with van der Waals surface area (Å²) in [5, 5.41) is 9.04. The second-order valence-electron chi connectivity index (χ2n) is 5.66. The quantitative estimate of drug-likeness (QED) is 0.835. The minimum Gasteiger partial charge on any atom is -0.352 e. The van der Waals surface area contributed by atoms with E-state index in [-0.39, 0.29) is 0 Å². The lowest BCUT2D eigenvalue weighted by Gasteiger charge is -2.33. The standard InChI is InChI=1S/C18H19N3/c19-12-17-10-5-11-18(20-17)21(14-16-8-4-9-16)13-15-6-2-1-3-7-15/h1-3,5-7,10-11,16H,4,8-9,13-14H2. The Labute approximate surface area is 125 Å². The zero-order chi connectivity index (χ0) is 14.5. The molecule has 0 N–H and O–H groups in total. The predicted octanol–water partition coefficient (Wildman–Crippen LogP) is 3.76. The van der Waals surface area contributed by atoms with Crippen molar-refractivity contribution in [1.82, 2.24) is 4.98 Å². The molecule has 0 atom stereocenters. The Morgan fingerprint density at radius 2 is 1.90 bits per heavy atom. The first-order valence-corrected chi connectivity index (χ1v) is 7.51.